The van der Waals surface area contributed by atoms with Crippen LogP contribution in [0.15, 0.2) is 24.3 Å². The molecule has 0 aliphatic rings. The van der Waals surface area contributed by atoms with E-state index in [1.165, 1.54) is 0 Å². The van der Waals surface area contributed by atoms with Crippen LogP contribution in [0.4, 0.5) is 5.69 Å². The molecule has 7 nitrogen and oxygen atoms in total. The highest BCUT2D eigenvalue weighted by atomic mass is 16.5. The number of carbonyl (C=O) groups is 1. The minimum Gasteiger partial charge on any atom is -0.479 e. The standard InChI is InChI=1S/C21H27N5O2/c1-13-17(14(2)24-20-19(13)21(28-4)25-26(20)3)9-10-18(27)23-12-11-15-5-7-16(22)8-6-15/h5-8H,9-12,22H2,1-4H3,(H,23,27). The van der Waals surface area contributed by atoms with Crippen LogP contribution < -0.4 is 15.8 Å². The molecule has 0 aliphatic heterocycles. The first-order valence-corrected chi connectivity index (χ1v) is 9.38. The van der Waals surface area contributed by atoms with Crippen molar-refractivity contribution >= 4 is 22.6 Å². The van der Waals surface area contributed by atoms with Gasteiger partial charge in [0, 0.05) is 31.4 Å². The molecule has 0 saturated heterocycles. The normalized spacial score (nSPS) is 11.0. The van der Waals surface area contributed by atoms with Crippen LogP contribution in [0, 0.1) is 13.8 Å². The van der Waals surface area contributed by atoms with Crippen LogP contribution in [0.2, 0.25) is 0 Å². The number of nitrogens with two attached hydrogens (primary N) is 1. The van der Waals surface area contributed by atoms with Gasteiger partial charge in [0.25, 0.3) is 0 Å². The molecule has 0 spiro atoms. The molecule has 0 saturated carbocycles. The summed E-state index contributed by atoms with van der Waals surface area (Å²) < 4.78 is 7.12. The predicted octanol–water partition coefficient (Wildman–Crippen LogP) is 2.47. The summed E-state index contributed by atoms with van der Waals surface area (Å²) in [7, 11) is 3.46. The number of hydrogen-bond acceptors (Lipinski definition) is 5. The summed E-state index contributed by atoms with van der Waals surface area (Å²) in [6.45, 7) is 4.62. The van der Waals surface area contributed by atoms with E-state index in [0.29, 0.717) is 25.3 Å². The van der Waals surface area contributed by atoms with Gasteiger partial charge in [-0.3, -0.25) is 4.79 Å². The smallest absolute Gasteiger partial charge is 0.242 e. The molecule has 28 heavy (non-hydrogen) atoms. The van der Waals surface area contributed by atoms with E-state index < -0.39 is 0 Å². The third-order valence-electron chi connectivity index (χ3n) is 5.03. The lowest BCUT2D eigenvalue weighted by Gasteiger charge is -2.11. The van der Waals surface area contributed by atoms with Gasteiger partial charge in [-0.1, -0.05) is 12.1 Å². The molecule has 0 fully saturated rings. The van der Waals surface area contributed by atoms with Gasteiger partial charge in [-0.25, -0.2) is 9.67 Å². The highest BCUT2D eigenvalue weighted by molar-refractivity contribution is 5.86. The Morgan fingerprint density at radius 1 is 1.21 bits per heavy atom. The molecule has 0 aliphatic carbocycles. The maximum Gasteiger partial charge on any atom is 0.242 e. The number of aryl methyl sites for hydroxylation is 3. The van der Waals surface area contributed by atoms with Crippen LogP contribution >= 0.6 is 0 Å². The zero-order valence-corrected chi connectivity index (χ0v) is 16.9. The Bertz CT molecular complexity index is 992. The van der Waals surface area contributed by atoms with Crippen LogP contribution in [-0.4, -0.2) is 34.3 Å². The lowest BCUT2D eigenvalue weighted by molar-refractivity contribution is -0.121. The van der Waals surface area contributed by atoms with Gasteiger partial charge in [0.15, 0.2) is 5.65 Å². The van der Waals surface area contributed by atoms with Gasteiger partial charge in [-0.15, -0.1) is 5.10 Å². The van der Waals surface area contributed by atoms with Crippen molar-refractivity contribution in [3.8, 4) is 5.88 Å². The molecular weight excluding hydrogens is 354 g/mol. The van der Waals surface area contributed by atoms with Crippen molar-refractivity contribution in [2.45, 2.75) is 33.1 Å². The van der Waals surface area contributed by atoms with Gasteiger partial charge < -0.3 is 15.8 Å². The number of methoxy groups -OCH3 is 1. The molecule has 1 amide bonds. The van der Waals surface area contributed by atoms with Gasteiger partial charge >= 0.3 is 0 Å². The average molecular weight is 381 g/mol. The largest absolute Gasteiger partial charge is 0.479 e. The highest BCUT2D eigenvalue weighted by Crippen LogP contribution is 2.30. The number of ether oxygens (including phenoxy) is 1. The lowest BCUT2D eigenvalue weighted by atomic mass is 10.00. The number of anilines is 1. The van der Waals surface area contributed by atoms with Crippen molar-refractivity contribution in [1.82, 2.24) is 20.1 Å². The monoisotopic (exact) mass is 381 g/mol. The Morgan fingerprint density at radius 3 is 2.61 bits per heavy atom. The SMILES string of the molecule is COc1nn(C)c2nc(C)c(CCC(=O)NCCc3ccc(N)cc3)c(C)c12. The topological polar surface area (TPSA) is 95.1 Å². The highest BCUT2D eigenvalue weighted by Gasteiger charge is 2.18. The predicted molar refractivity (Wildman–Crippen MR) is 110 cm³/mol. The van der Waals surface area contributed by atoms with E-state index >= 15 is 0 Å². The van der Waals surface area contributed by atoms with E-state index in [-0.39, 0.29) is 5.91 Å². The summed E-state index contributed by atoms with van der Waals surface area (Å²) in [5, 5.41) is 8.26. The third kappa shape index (κ3) is 4.08. The number of benzene rings is 1. The van der Waals surface area contributed by atoms with E-state index in [1.807, 2.05) is 45.2 Å². The van der Waals surface area contributed by atoms with Crippen molar-refractivity contribution in [1.29, 1.82) is 0 Å². The molecule has 3 rings (SSSR count). The van der Waals surface area contributed by atoms with Crippen molar-refractivity contribution in [2.24, 2.45) is 7.05 Å². The van der Waals surface area contributed by atoms with E-state index in [2.05, 4.69) is 15.4 Å². The number of rotatable bonds is 7. The van der Waals surface area contributed by atoms with Gasteiger partial charge in [0.2, 0.25) is 11.8 Å². The fourth-order valence-electron chi connectivity index (χ4n) is 3.46. The van der Waals surface area contributed by atoms with E-state index in [9.17, 15) is 4.79 Å². The Kier molecular flexibility index (Phi) is 5.82. The van der Waals surface area contributed by atoms with Crippen molar-refractivity contribution in [3.05, 3.63) is 46.6 Å². The fraction of sp³-hybridized carbons (Fsp3) is 0.381. The summed E-state index contributed by atoms with van der Waals surface area (Å²) in [6.07, 6.45) is 1.83. The Labute approximate surface area is 164 Å². The van der Waals surface area contributed by atoms with Crippen LogP contribution in [0.3, 0.4) is 0 Å². The van der Waals surface area contributed by atoms with Gasteiger partial charge in [0.1, 0.15) is 0 Å². The minimum atomic E-state index is 0.0347. The molecule has 0 atom stereocenters. The number of nitrogen functional groups attached to an aromatic ring is 1. The number of nitrogens with one attached hydrogen (secondary N) is 1. The van der Waals surface area contributed by atoms with E-state index in [4.69, 9.17) is 10.5 Å². The second kappa shape index (κ2) is 8.29. The minimum absolute atomic E-state index is 0.0347. The Hall–Kier alpha value is -3.09. The summed E-state index contributed by atoms with van der Waals surface area (Å²) >= 11 is 0. The molecular formula is C21H27N5O2. The lowest BCUT2D eigenvalue weighted by Crippen LogP contribution is -2.26. The number of nitrogens with zero attached hydrogens (tertiary/aromatic N) is 3. The quantitative estimate of drug-likeness (QED) is 0.613. The third-order valence-corrected chi connectivity index (χ3v) is 5.03. The molecule has 1 aromatic carbocycles. The van der Waals surface area contributed by atoms with Crippen LogP contribution in [0.1, 0.15) is 28.8 Å². The molecule has 3 N–H and O–H groups in total. The molecule has 2 aromatic heterocycles. The summed E-state index contributed by atoms with van der Waals surface area (Å²) in [5.41, 5.74) is 11.5. The zero-order chi connectivity index (χ0) is 20.3. The van der Waals surface area contributed by atoms with Crippen molar-refractivity contribution in [2.75, 3.05) is 19.4 Å². The molecule has 0 bridgehead atoms. The molecule has 0 unspecified atom stereocenters. The summed E-state index contributed by atoms with van der Waals surface area (Å²) in [6, 6.07) is 7.71. The first-order valence-electron chi connectivity index (χ1n) is 9.38. The fourth-order valence-corrected chi connectivity index (χ4v) is 3.46. The van der Waals surface area contributed by atoms with E-state index in [0.717, 1.165) is 45.5 Å². The second-order valence-corrected chi connectivity index (χ2v) is 6.97. The van der Waals surface area contributed by atoms with E-state index in [1.54, 1.807) is 11.8 Å². The molecule has 0 radical (unpaired) electrons. The first-order chi connectivity index (χ1) is 13.4. The van der Waals surface area contributed by atoms with Crippen LogP contribution in [-0.2, 0) is 24.7 Å². The Balaban J connectivity index is 1.62. The molecule has 3 aromatic rings. The van der Waals surface area contributed by atoms with Crippen molar-refractivity contribution in [3.63, 3.8) is 0 Å². The molecule has 2 heterocycles. The van der Waals surface area contributed by atoms with Crippen molar-refractivity contribution < 1.29 is 9.53 Å². The first kappa shape index (κ1) is 19.7. The maximum atomic E-state index is 12.3. The van der Waals surface area contributed by atoms with Gasteiger partial charge in [-0.05, 0) is 55.5 Å². The van der Waals surface area contributed by atoms with Crippen LogP contribution in [0.25, 0.3) is 11.0 Å². The number of pyridine rings is 1. The zero-order valence-electron chi connectivity index (χ0n) is 16.9. The number of aromatic nitrogens is 3. The summed E-state index contributed by atoms with van der Waals surface area (Å²) in [5.74, 6) is 0.601. The number of carbonyl (C=O) groups excluding carboxylic acids is 1. The average Bonchev–Trinajstić information content (AvgIpc) is 2.99. The summed E-state index contributed by atoms with van der Waals surface area (Å²) in [4.78, 5) is 17.0. The molecule has 148 valence electrons. The number of fused-ring (bicyclic) bond motifs is 1. The number of hydrogen-bond donors (Lipinski definition) is 2. The molecule has 7 heteroatoms. The van der Waals surface area contributed by atoms with Crippen LogP contribution in [0.5, 0.6) is 5.88 Å². The second-order valence-electron chi connectivity index (χ2n) is 6.97. The van der Waals surface area contributed by atoms with Gasteiger partial charge in [0.05, 0.1) is 12.5 Å². The number of amides is 1. The van der Waals surface area contributed by atoms with Gasteiger partial charge in [-0.2, -0.15) is 0 Å². The Morgan fingerprint density at radius 2 is 1.93 bits per heavy atom. The maximum absolute atomic E-state index is 12.3.